The van der Waals surface area contributed by atoms with Gasteiger partial charge in [-0.05, 0) is 31.0 Å². The maximum absolute atomic E-state index is 12.3. The molecule has 1 atom stereocenters. The molecule has 0 aliphatic carbocycles. The van der Waals surface area contributed by atoms with Crippen molar-refractivity contribution in [1.29, 1.82) is 0 Å². The van der Waals surface area contributed by atoms with E-state index in [0.29, 0.717) is 0 Å². The molecule has 0 saturated heterocycles. The van der Waals surface area contributed by atoms with E-state index < -0.39 is 18.1 Å². The van der Waals surface area contributed by atoms with Gasteiger partial charge in [0.25, 0.3) is 5.91 Å². The smallest absolute Gasteiger partial charge is 0.387 e. The number of carbonyl (C=O) groups excluding carboxylic acids is 1. The number of rotatable bonds is 6. The van der Waals surface area contributed by atoms with Crippen LogP contribution in [0, 0.1) is 5.92 Å². The Labute approximate surface area is 127 Å². The van der Waals surface area contributed by atoms with Crippen molar-refractivity contribution in [3.05, 3.63) is 28.8 Å². The Morgan fingerprint density at radius 3 is 2.62 bits per heavy atom. The first kappa shape index (κ1) is 17.7. The highest BCUT2D eigenvalue weighted by Gasteiger charge is 2.26. The summed E-state index contributed by atoms with van der Waals surface area (Å²) in [6.45, 7) is 2.11. The minimum absolute atomic E-state index is 0.0237. The van der Waals surface area contributed by atoms with E-state index in [0.717, 1.165) is 0 Å². The van der Waals surface area contributed by atoms with Crippen molar-refractivity contribution < 1.29 is 23.4 Å². The molecule has 0 spiro atoms. The normalized spacial score (nSPS) is 14.1. The van der Waals surface area contributed by atoms with Crippen LogP contribution < -0.4 is 10.1 Å². The number of alkyl halides is 2. The first-order valence-corrected chi connectivity index (χ1v) is 6.76. The minimum Gasteiger partial charge on any atom is -0.434 e. The van der Waals surface area contributed by atoms with Crippen LogP contribution in [0.2, 0.25) is 5.02 Å². The number of aliphatic hydroxyl groups is 1. The average molecular weight is 322 g/mol. The molecule has 0 bridgehead atoms. The first-order chi connectivity index (χ1) is 9.63. The number of hydrogen-bond donors (Lipinski definition) is 2. The summed E-state index contributed by atoms with van der Waals surface area (Å²) in [6.07, 6.45) is 0. The maximum atomic E-state index is 12.3. The highest BCUT2D eigenvalue weighted by Crippen LogP contribution is 2.25. The maximum Gasteiger partial charge on any atom is 0.387 e. The van der Waals surface area contributed by atoms with E-state index in [1.54, 1.807) is 20.8 Å². The lowest BCUT2D eigenvalue weighted by atomic mass is 9.92. The van der Waals surface area contributed by atoms with E-state index in [4.69, 9.17) is 11.6 Å². The standard InChI is InChI=1S/C14H18ClF2NO3/c1-8(2)14(3,20)7-18-12(19)10-6-9(15)4-5-11(10)21-13(16)17/h4-6,8,13,20H,7H2,1-3H3,(H,18,19). The van der Waals surface area contributed by atoms with Gasteiger partial charge >= 0.3 is 6.61 Å². The summed E-state index contributed by atoms with van der Waals surface area (Å²) in [5.41, 5.74) is -1.22. The van der Waals surface area contributed by atoms with Gasteiger partial charge in [-0.15, -0.1) is 0 Å². The van der Waals surface area contributed by atoms with Gasteiger partial charge in [0.15, 0.2) is 0 Å². The topological polar surface area (TPSA) is 58.6 Å². The molecule has 1 amide bonds. The molecule has 0 heterocycles. The molecule has 1 unspecified atom stereocenters. The zero-order chi connectivity index (χ0) is 16.2. The van der Waals surface area contributed by atoms with Crippen LogP contribution in [0.1, 0.15) is 31.1 Å². The number of ether oxygens (including phenoxy) is 1. The molecule has 0 fully saturated rings. The molecule has 4 nitrogen and oxygen atoms in total. The Morgan fingerprint density at radius 2 is 2.10 bits per heavy atom. The fourth-order valence-corrected chi connectivity index (χ4v) is 1.61. The first-order valence-electron chi connectivity index (χ1n) is 6.38. The second-order valence-electron chi connectivity index (χ2n) is 5.21. The summed E-state index contributed by atoms with van der Waals surface area (Å²) in [4.78, 5) is 12.1. The molecular weight excluding hydrogens is 304 g/mol. The fourth-order valence-electron chi connectivity index (χ4n) is 1.44. The predicted molar refractivity (Wildman–Crippen MR) is 75.9 cm³/mol. The van der Waals surface area contributed by atoms with E-state index in [1.165, 1.54) is 18.2 Å². The summed E-state index contributed by atoms with van der Waals surface area (Å²) >= 11 is 5.77. The SMILES string of the molecule is CC(C)C(C)(O)CNC(=O)c1cc(Cl)ccc1OC(F)F. The van der Waals surface area contributed by atoms with Crippen molar-refractivity contribution in [2.24, 2.45) is 5.92 Å². The second-order valence-corrected chi connectivity index (χ2v) is 5.65. The number of carbonyl (C=O) groups is 1. The molecule has 1 aromatic rings. The lowest BCUT2D eigenvalue weighted by Gasteiger charge is -2.27. The van der Waals surface area contributed by atoms with Crippen LogP contribution in [-0.4, -0.2) is 29.8 Å². The lowest BCUT2D eigenvalue weighted by molar-refractivity contribution is -0.0502. The van der Waals surface area contributed by atoms with E-state index in [-0.39, 0.29) is 28.8 Å². The van der Waals surface area contributed by atoms with Crippen LogP contribution in [0.4, 0.5) is 8.78 Å². The number of amides is 1. The van der Waals surface area contributed by atoms with Gasteiger partial charge in [0.05, 0.1) is 11.2 Å². The summed E-state index contributed by atoms with van der Waals surface area (Å²) in [5.74, 6) is -1.00. The molecule has 7 heteroatoms. The molecular formula is C14H18ClF2NO3. The Hall–Kier alpha value is -1.40. The Bertz CT molecular complexity index is 507. The van der Waals surface area contributed by atoms with Crippen molar-refractivity contribution >= 4 is 17.5 Å². The zero-order valence-corrected chi connectivity index (χ0v) is 12.7. The third-order valence-corrected chi connectivity index (χ3v) is 3.49. The molecule has 0 saturated carbocycles. The second kappa shape index (κ2) is 7.04. The van der Waals surface area contributed by atoms with E-state index in [2.05, 4.69) is 10.1 Å². The van der Waals surface area contributed by atoms with Gasteiger partial charge in [-0.2, -0.15) is 8.78 Å². The molecule has 0 aliphatic rings. The Balaban J connectivity index is 2.89. The van der Waals surface area contributed by atoms with E-state index in [9.17, 15) is 18.7 Å². The summed E-state index contributed by atoms with van der Waals surface area (Å²) < 4.78 is 28.9. The van der Waals surface area contributed by atoms with Gasteiger partial charge in [0.2, 0.25) is 0 Å². The molecule has 0 aliphatic heterocycles. The largest absolute Gasteiger partial charge is 0.434 e. The average Bonchev–Trinajstić information content (AvgIpc) is 2.37. The highest BCUT2D eigenvalue weighted by molar-refractivity contribution is 6.31. The molecule has 118 valence electrons. The Kier molecular flexibility index (Phi) is 5.92. The minimum atomic E-state index is -3.04. The molecule has 2 N–H and O–H groups in total. The molecule has 1 aromatic carbocycles. The molecule has 0 aromatic heterocycles. The van der Waals surface area contributed by atoms with Crippen molar-refractivity contribution in [2.75, 3.05) is 6.54 Å². The lowest BCUT2D eigenvalue weighted by Crippen LogP contribution is -2.44. The van der Waals surface area contributed by atoms with Gasteiger partial charge < -0.3 is 15.2 Å². The summed E-state index contributed by atoms with van der Waals surface area (Å²) in [5, 5.41) is 12.8. The van der Waals surface area contributed by atoms with Gasteiger partial charge in [0.1, 0.15) is 5.75 Å². The van der Waals surface area contributed by atoms with Crippen molar-refractivity contribution in [3.63, 3.8) is 0 Å². The van der Waals surface area contributed by atoms with Gasteiger partial charge in [-0.25, -0.2) is 0 Å². The number of halogens is 3. The third kappa shape index (κ3) is 5.13. The van der Waals surface area contributed by atoms with Crippen molar-refractivity contribution in [2.45, 2.75) is 33.0 Å². The van der Waals surface area contributed by atoms with Crippen molar-refractivity contribution in [1.82, 2.24) is 5.32 Å². The highest BCUT2D eigenvalue weighted by atomic mass is 35.5. The Morgan fingerprint density at radius 1 is 1.48 bits per heavy atom. The van der Waals surface area contributed by atoms with Crippen LogP contribution in [0.5, 0.6) is 5.75 Å². The quantitative estimate of drug-likeness (QED) is 0.846. The summed E-state index contributed by atoms with van der Waals surface area (Å²) in [6, 6.07) is 3.78. The number of benzene rings is 1. The van der Waals surface area contributed by atoms with Gasteiger partial charge in [0, 0.05) is 11.6 Å². The van der Waals surface area contributed by atoms with Gasteiger partial charge in [-0.1, -0.05) is 25.4 Å². The molecule has 21 heavy (non-hydrogen) atoms. The zero-order valence-electron chi connectivity index (χ0n) is 12.0. The van der Waals surface area contributed by atoms with Crippen LogP contribution >= 0.6 is 11.6 Å². The number of nitrogens with one attached hydrogen (secondary N) is 1. The van der Waals surface area contributed by atoms with Gasteiger partial charge in [-0.3, -0.25) is 4.79 Å². The van der Waals surface area contributed by atoms with E-state index in [1.807, 2.05) is 0 Å². The fraction of sp³-hybridized carbons (Fsp3) is 0.500. The van der Waals surface area contributed by atoms with Crippen LogP contribution in [0.3, 0.4) is 0 Å². The molecule has 0 radical (unpaired) electrons. The monoisotopic (exact) mass is 321 g/mol. The predicted octanol–water partition coefficient (Wildman–Crippen LogP) is 3.08. The third-order valence-electron chi connectivity index (χ3n) is 3.25. The van der Waals surface area contributed by atoms with Crippen LogP contribution in [0.25, 0.3) is 0 Å². The number of hydrogen-bond acceptors (Lipinski definition) is 3. The van der Waals surface area contributed by atoms with E-state index >= 15 is 0 Å². The van der Waals surface area contributed by atoms with Crippen LogP contribution in [-0.2, 0) is 0 Å². The van der Waals surface area contributed by atoms with Crippen LogP contribution in [0.15, 0.2) is 18.2 Å². The van der Waals surface area contributed by atoms with Crippen molar-refractivity contribution in [3.8, 4) is 5.75 Å². The molecule has 1 rings (SSSR count). The summed E-state index contributed by atoms with van der Waals surface area (Å²) in [7, 11) is 0.